The van der Waals surface area contributed by atoms with Crippen LogP contribution in [0.4, 0.5) is 0 Å². The van der Waals surface area contributed by atoms with Crippen LogP contribution in [0.25, 0.3) is 0 Å². The second-order valence-electron chi connectivity index (χ2n) is 4.10. The number of aromatic carboxylic acids is 1. The Hall–Kier alpha value is -1.75. The van der Waals surface area contributed by atoms with Gasteiger partial charge in [-0.25, -0.2) is 4.79 Å². The molecule has 1 aromatic rings. The predicted octanol–water partition coefficient (Wildman–Crippen LogP) is 1.38. The number of carbonyl (C=O) groups is 1. The summed E-state index contributed by atoms with van der Waals surface area (Å²) >= 11 is 0. The molecule has 17 heavy (non-hydrogen) atoms. The maximum Gasteiger partial charge on any atom is 0.335 e. The van der Waals surface area contributed by atoms with E-state index in [4.69, 9.17) is 14.6 Å². The Balaban J connectivity index is 2.61. The van der Waals surface area contributed by atoms with Gasteiger partial charge in [-0.3, -0.25) is 0 Å². The van der Waals surface area contributed by atoms with Crippen molar-refractivity contribution in [3.63, 3.8) is 0 Å². The number of carboxylic acid groups (broad SMARTS) is 1. The fourth-order valence-corrected chi connectivity index (χ4v) is 1.82. The van der Waals surface area contributed by atoms with Crippen LogP contribution < -0.4 is 9.47 Å². The summed E-state index contributed by atoms with van der Waals surface area (Å²) in [6.45, 7) is 0. The van der Waals surface area contributed by atoms with E-state index >= 15 is 0 Å². The summed E-state index contributed by atoms with van der Waals surface area (Å²) in [4.78, 5) is 11.0. The van der Waals surface area contributed by atoms with E-state index in [9.17, 15) is 9.90 Å². The van der Waals surface area contributed by atoms with Gasteiger partial charge in [-0.15, -0.1) is 0 Å². The summed E-state index contributed by atoms with van der Waals surface area (Å²) in [5.74, 6) is -0.336. The molecule has 2 rings (SSSR count). The van der Waals surface area contributed by atoms with Crippen molar-refractivity contribution in [3.8, 4) is 11.5 Å². The Morgan fingerprint density at radius 2 is 1.94 bits per heavy atom. The van der Waals surface area contributed by atoms with Gasteiger partial charge in [-0.2, -0.15) is 0 Å². The van der Waals surface area contributed by atoms with Gasteiger partial charge in [0.2, 0.25) is 0 Å². The topological polar surface area (TPSA) is 76.0 Å². The number of rotatable bonds is 4. The first kappa shape index (κ1) is 11.7. The van der Waals surface area contributed by atoms with Crippen LogP contribution in [0.2, 0.25) is 0 Å². The van der Waals surface area contributed by atoms with E-state index in [2.05, 4.69) is 0 Å². The Kier molecular flexibility index (Phi) is 2.71. The van der Waals surface area contributed by atoms with Crippen molar-refractivity contribution < 1.29 is 24.5 Å². The van der Waals surface area contributed by atoms with Crippen molar-refractivity contribution in [2.24, 2.45) is 0 Å². The fraction of sp³-hybridized carbons (Fsp3) is 0.417. The van der Waals surface area contributed by atoms with Gasteiger partial charge >= 0.3 is 5.97 Å². The summed E-state index contributed by atoms with van der Waals surface area (Å²) in [6.07, 6.45) is 1.21. The molecule has 0 radical (unpaired) electrons. The van der Waals surface area contributed by atoms with Crippen molar-refractivity contribution in [3.05, 3.63) is 23.3 Å². The molecule has 0 heterocycles. The minimum absolute atomic E-state index is 0.0815. The molecule has 2 N–H and O–H groups in total. The van der Waals surface area contributed by atoms with Gasteiger partial charge in [0.1, 0.15) is 0 Å². The Bertz CT molecular complexity index is 462. The molecule has 0 spiro atoms. The minimum atomic E-state index is -1.06. The molecule has 1 aliphatic rings. The van der Waals surface area contributed by atoms with E-state index in [1.165, 1.54) is 26.4 Å². The number of hydrogen-bond donors (Lipinski definition) is 2. The van der Waals surface area contributed by atoms with E-state index in [0.717, 1.165) is 0 Å². The van der Waals surface area contributed by atoms with E-state index in [-0.39, 0.29) is 5.56 Å². The zero-order valence-corrected chi connectivity index (χ0v) is 9.69. The van der Waals surface area contributed by atoms with Crippen LogP contribution in [0.3, 0.4) is 0 Å². The van der Waals surface area contributed by atoms with Crippen molar-refractivity contribution in [2.75, 3.05) is 14.2 Å². The quantitative estimate of drug-likeness (QED) is 0.828. The third kappa shape index (κ3) is 1.93. The second-order valence-corrected chi connectivity index (χ2v) is 4.10. The molecule has 1 aromatic carbocycles. The summed E-state index contributed by atoms with van der Waals surface area (Å²) in [5.41, 5.74) is -0.404. The predicted molar refractivity (Wildman–Crippen MR) is 59.6 cm³/mol. The highest BCUT2D eigenvalue weighted by Crippen LogP contribution is 2.51. The second kappa shape index (κ2) is 3.92. The number of hydrogen-bond acceptors (Lipinski definition) is 4. The first-order chi connectivity index (χ1) is 8.01. The van der Waals surface area contributed by atoms with Crippen LogP contribution in [-0.4, -0.2) is 30.4 Å². The van der Waals surface area contributed by atoms with Gasteiger partial charge < -0.3 is 19.7 Å². The Morgan fingerprint density at radius 3 is 2.35 bits per heavy atom. The molecule has 5 nitrogen and oxygen atoms in total. The summed E-state index contributed by atoms with van der Waals surface area (Å²) in [7, 11) is 2.90. The van der Waals surface area contributed by atoms with Crippen LogP contribution in [0.1, 0.15) is 28.8 Å². The lowest BCUT2D eigenvalue weighted by molar-refractivity contribution is 0.0696. The Morgan fingerprint density at radius 1 is 1.29 bits per heavy atom. The molecule has 1 saturated carbocycles. The lowest BCUT2D eigenvalue weighted by atomic mass is 10.0. The first-order valence-electron chi connectivity index (χ1n) is 5.24. The maximum atomic E-state index is 11.0. The Labute approximate surface area is 98.6 Å². The van der Waals surface area contributed by atoms with Crippen molar-refractivity contribution >= 4 is 5.97 Å². The van der Waals surface area contributed by atoms with E-state index in [1.807, 2.05) is 0 Å². The number of ether oxygens (including phenoxy) is 2. The molecule has 0 unspecified atom stereocenters. The molecule has 0 bridgehead atoms. The lowest BCUT2D eigenvalue weighted by Crippen LogP contribution is -2.10. The van der Waals surface area contributed by atoms with Crippen LogP contribution in [0, 0.1) is 0 Å². The van der Waals surface area contributed by atoms with Gasteiger partial charge in [0.25, 0.3) is 0 Å². The van der Waals surface area contributed by atoms with E-state index in [1.54, 1.807) is 0 Å². The van der Waals surface area contributed by atoms with Crippen molar-refractivity contribution in [1.29, 1.82) is 0 Å². The average molecular weight is 238 g/mol. The number of methoxy groups -OCH3 is 2. The normalized spacial score (nSPS) is 16.4. The smallest absolute Gasteiger partial charge is 0.335 e. The lowest BCUT2D eigenvalue weighted by Gasteiger charge is -2.17. The van der Waals surface area contributed by atoms with Gasteiger partial charge in [-0.05, 0) is 25.0 Å². The van der Waals surface area contributed by atoms with E-state index < -0.39 is 11.6 Å². The summed E-state index contributed by atoms with van der Waals surface area (Å²) < 4.78 is 10.3. The summed E-state index contributed by atoms with van der Waals surface area (Å²) in [5, 5.41) is 19.1. The zero-order chi connectivity index (χ0) is 12.6. The number of benzene rings is 1. The van der Waals surface area contributed by atoms with Gasteiger partial charge in [0.15, 0.2) is 11.5 Å². The highest BCUT2D eigenvalue weighted by molar-refractivity contribution is 5.89. The number of aliphatic hydroxyl groups is 1. The first-order valence-corrected chi connectivity index (χ1v) is 5.24. The fourth-order valence-electron chi connectivity index (χ4n) is 1.82. The zero-order valence-electron chi connectivity index (χ0n) is 9.69. The molecule has 1 aliphatic carbocycles. The minimum Gasteiger partial charge on any atom is -0.493 e. The van der Waals surface area contributed by atoms with Crippen molar-refractivity contribution in [1.82, 2.24) is 0 Å². The molecule has 0 atom stereocenters. The maximum absolute atomic E-state index is 11.0. The molecule has 0 aromatic heterocycles. The highest BCUT2D eigenvalue weighted by Gasteiger charge is 2.45. The van der Waals surface area contributed by atoms with Gasteiger partial charge in [0, 0.05) is 5.56 Å². The molecular formula is C12H14O5. The standard InChI is InChI=1S/C12H14O5/c1-16-9-6-7(11(13)14)5-8(10(9)17-2)12(15)3-4-12/h5-6,15H,3-4H2,1-2H3,(H,13,14). The van der Waals surface area contributed by atoms with Crippen LogP contribution >= 0.6 is 0 Å². The van der Waals surface area contributed by atoms with Gasteiger partial charge in [0.05, 0.1) is 25.4 Å². The molecule has 92 valence electrons. The summed E-state index contributed by atoms with van der Waals surface area (Å²) in [6, 6.07) is 2.83. The highest BCUT2D eigenvalue weighted by atomic mass is 16.5. The third-order valence-electron chi connectivity index (χ3n) is 2.95. The third-order valence-corrected chi connectivity index (χ3v) is 2.95. The van der Waals surface area contributed by atoms with Crippen molar-refractivity contribution in [2.45, 2.75) is 18.4 Å². The van der Waals surface area contributed by atoms with Crippen LogP contribution in [0.15, 0.2) is 12.1 Å². The molecule has 0 saturated heterocycles. The van der Waals surface area contributed by atoms with Crippen LogP contribution in [-0.2, 0) is 5.60 Å². The molecule has 0 aliphatic heterocycles. The monoisotopic (exact) mass is 238 g/mol. The SMILES string of the molecule is COc1cc(C(=O)O)cc(C2(O)CC2)c1OC. The van der Waals surface area contributed by atoms with Gasteiger partial charge in [-0.1, -0.05) is 0 Å². The molecular weight excluding hydrogens is 224 g/mol. The number of carboxylic acids is 1. The molecule has 1 fully saturated rings. The average Bonchev–Trinajstić information content (AvgIpc) is 3.06. The molecule has 5 heteroatoms. The molecule has 0 amide bonds. The largest absolute Gasteiger partial charge is 0.493 e. The van der Waals surface area contributed by atoms with E-state index in [0.29, 0.717) is 29.9 Å². The van der Waals surface area contributed by atoms with Crippen LogP contribution in [0.5, 0.6) is 11.5 Å².